The molecule has 0 saturated heterocycles. The summed E-state index contributed by atoms with van der Waals surface area (Å²) in [5, 5.41) is 10.5. The van der Waals surface area contributed by atoms with Gasteiger partial charge >= 0.3 is 0 Å². The molecule has 0 unspecified atom stereocenters. The summed E-state index contributed by atoms with van der Waals surface area (Å²) in [6.07, 6.45) is -1.01. The van der Waals surface area contributed by atoms with Crippen LogP contribution in [-0.4, -0.2) is 12.2 Å². The summed E-state index contributed by atoms with van der Waals surface area (Å²) in [6.45, 7) is 4.06. The number of hydrogen-bond acceptors (Lipinski definition) is 2. The summed E-state index contributed by atoms with van der Waals surface area (Å²) < 4.78 is 5.50. The number of benzene rings is 2. The standard InChI is InChI=1S/C17H20O2/c1-12-6-4-8-14(10-12)16(18)17(19-3)15-9-5-7-13(2)11-15/h4-11,16-18H,1-3H3/t16-,17-/m1/s1. The van der Waals surface area contributed by atoms with Crippen LogP contribution in [0.25, 0.3) is 0 Å². The van der Waals surface area contributed by atoms with E-state index in [9.17, 15) is 5.11 Å². The number of rotatable bonds is 4. The second-order valence-corrected chi connectivity index (χ2v) is 4.93. The molecule has 0 bridgehead atoms. The maximum Gasteiger partial charge on any atom is 0.112 e. The van der Waals surface area contributed by atoms with Crippen molar-refractivity contribution < 1.29 is 9.84 Å². The lowest BCUT2D eigenvalue weighted by molar-refractivity contribution is -0.0149. The first-order chi connectivity index (χ1) is 9.11. The van der Waals surface area contributed by atoms with Crippen molar-refractivity contribution in [2.75, 3.05) is 7.11 Å². The molecule has 0 radical (unpaired) electrons. The van der Waals surface area contributed by atoms with Gasteiger partial charge in [-0.05, 0) is 25.0 Å². The lowest BCUT2D eigenvalue weighted by Gasteiger charge is -2.23. The Kier molecular flexibility index (Phi) is 4.35. The zero-order valence-electron chi connectivity index (χ0n) is 11.6. The molecule has 2 aromatic carbocycles. The Hall–Kier alpha value is -1.64. The van der Waals surface area contributed by atoms with E-state index in [0.717, 1.165) is 22.3 Å². The first kappa shape index (κ1) is 13.8. The first-order valence-corrected chi connectivity index (χ1v) is 6.46. The minimum absolute atomic E-state index is 0.346. The molecule has 2 aromatic rings. The summed E-state index contributed by atoms with van der Waals surface area (Å²) >= 11 is 0. The summed E-state index contributed by atoms with van der Waals surface area (Å²) in [5.41, 5.74) is 4.18. The highest BCUT2D eigenvalue weighted by Gasteiger charge is 2.22. The van der Waals surface area contributed by atoms with Crippen molar-refractivity contribution in [3.05, 3.63) is 70.8 Å². The fourth-order valence-electron chi connectivity index (χ4n) is 2.32. The molecule has 0 fully saturated rings. The summed E-state index contributed by atoms with van der Waals surface area (Å²) in [5.74, 6) is 0. The van der Waals surface area contributed by atoms with E-state index >= 15 is 0 Å². The second kappa shape index (κ2) is 6.00. The largest absolute Gasteiger partial charge is 0.385 e. The molecule has 2 atom stereocenters. The van der Waals surface area contributed by atoms with Gasteiger partial charge in [0.25, 0.3) is 0 Å². The Bertz CT molecular complexity index is 548. The molecule has 1 N–H and O–H groups in total. The SMILES string of the molecule is CO[C@H](c1cccc(C)c1)[C@H](O)c1cccc(C)c1. The number of methoxy groups -OCH3 is 1. The lowest BCUT2D eigenvalue weighted by Crippen LogP contribution is -2.13. The molecule has 0 heterocycles. The minimum atomic E-state index is -0.660. The summed E-state index contributed by atoms with van der Waals surface area (Å²) in [6, 6.07) is 16.0. The van der Waals surface area contributed by atoms with E-state index in [4.69, 9.17) is 4.74 Å². The van der Waals surface area contributed by atoms with Crippen LogP contribution >= 0.6 is 0 Å². The molecule has 0 amide bonds. The third-order valence-electron chi connectivity index (χ3n) is 3.30. The normalized spacial score (nSPS) is 14.1. The molecular weight excluding hydrogens is 236 g/mol. The molecule has 0 aromatic heterocycles. The lowest BCUT2D eigenvalue weighted by atomic mass is 9.96. The summed E-state index contributed by atoms with van der Waals surface area (Å²) in [7, 11) is 1.63. The fourth-order valence-corrected chi connectivity index (χ4v) is 2.32. The molecule has 2 rings (SSSR count). The smallest absolute Gasteiger partial charge is 0.112 e. The topological polar surface area (TPSA) is 29.5 Å². The van der Waals surface area contributed by atoms with Crippen LogP contribution in [0.4, 0.5) is 0 Å². The van der Waals surface area contributed by atoms with Crippen LogP contribution in [-0.2, 0) is 4.74 Å². The quantitative estimate of drug-likeness (QED) is 0.903. The highest BCUT2D eigenvalue weighted by molar-refractivity contribution is 5.30. The molecule has 0 saturated carbocycles. The first-order valence-electron chi connectivity index (χ1n) is 6.46. The van der Waals surface area contributed by atoms with Crippen LogP contribution in [0, 0.1) is 13.8 Å². The zero-order valence-corrected chi connectivity index (χ0v) is 11.6. The molecule has 2 nitrogen and oxygen atoms in total. The van der Waals surface area contributed by atoms with Crippen LogP contribution < -0.4 is 0 Å². The summed E-state index contributed by atoms with van der Waals surface area (Å²) in [4.78, 5) is 0. The Labute approximate surface area is 114 Å². The molecule has 0 aliphatic heterocycles. The van der Waals surface area contributed by atoms with Gasteiger partial charge in [0.2, 0.25) is 0 Å². The number of ether oxygens (including phenoxy) is 1. The van der Waals surface area contributed by atoms with Gasteiger partial charge in [-0.15, -0.1) is 0 Å². The molecule has 19 heavy (non-hydrogen) atoms. The Morgan fingerprint density at radius 2 is 1.42 bits per heavy atom. The third-order valence-corrected chi connectivity index (χ3v) is 3.30. The fraction of sp³-hybridized carbons (Fsp3) is 0.294. The van der Waals surface area contributed by atoms with Crippen LogP contribution in [0.5, 0.6) is 0 Å². The number of aliphatic hydroxyl groups excluding tert-OH is 1. The van der Waals surface area contributed by atoms with E-state index in [1.807, 2.05) is 62.4 Å². The van der Waals surface area contributed by atoms with Crippen LogP contribution in [0.1, 0.15) is 34.5 Å². The van der Waals surface area contributed by atoms with Crippen LogP contribution in [0.2, 0.25) is 0 Å². The monoisotopic (exact) mass is 256 g/mol. The number of aliphatic hydroxyl groups is 1. The van der Waals surface area contributed by atoms with Crippen LogP contribution in [0.15, 0.2) is 48.5 Å². The van der Waals surface area contributed by atoms with E-state index in [-0.39, 0.29) is 6.10 Å². The van der Waals surface area contributed by atoms with Gasteiger partial charge in [-0.2, -0.15) is 0 Å². The van der Waals surface area contributed by atoms with Gasteiger partial charge < -0.3 is 9.84 Å². The van der Waals surface area contributed by atoms with Gasteiger partial charge in [-0.1, -0.05) is 59.7 Å². The average molecular weight is 256 g/mol. The molecule has 2 heteroatoms. The van der Waals surface area contributed by atoms with Gasteiger partial charge in [-0.3, -0.25) is 0 Å². The Morgan fingerprint density at radius 3 is 1.95 bits per heavy atom. The van der Waals surface area contributed by atoms with E-state index in [2.05, 4.69) is 0 Å². The predicted octanol–water partition coefficient (Wildman–Crippen LogP) is 3.72. The van der Waals surface area contributed by atoms with Crippen LogP contribution in [0.3, 0.4) is 0 Å². The maximum absolute atomic E-state index is 10.5. The molecule has 100 valence electrons. The molecule has 0 aliphatic carbocycles. The highest BCUT2D eigenvalue weighted by atomic mass is 16.5. The highest BCUT2D eigenvalue weighted by Crippen LogP contribution is 2.32. The van der Waals surface area contributed by atoms with Crippen molar-refractivity contribution in [2.45, 2.75) is 26.1 Å². The average Bonchev–Trinajstić information content (AvgIpc) is 2.39. The maximum atomic E-state index is 10.5. The Balaban J connectivity index is 2.31. The van der Waals surface area contributed by atoms with Crippen molar-refractivity contribution >= 4 is 0 Å². The van der Waals surface area contributed by atoms with Crippen molar-refractivity contribution in [3.8, 4) is 0 Å². The van der Waals surface area contributed by atoms with E-state index < -0.39 is 6.10 Å². The van der Waals surface area contributed by atoms with Gasteiger partial charge in [-0.25, -0.2) is 0 Å². The Morgan fingerprint density at radius 1 is 0.895 bits per heavy atom. The van der Waals surface area contributed by atoms with E-state index in [1.54, 1.807) is 7.11 Å². The van der Waals surface area contributed by atoms with Gasteiger partial charge in [0.15, 0.2) is 0 Å². The van der Waals surface area contributed by atoms with Crippen molar-refractivity contribution in [2.24, 2.45) is 0 Å². The van der Waals surface area contributed by atoms with Crippen molar-refractivity contribution in [1.82, 2.24) is 0 Å². The molecule has 0 aliphatic rings. The van der Waals surface area contributed by atoms with Gasteiger partial charge in [0, 0.05) is 7.11 Å². The third kappa shape index (κ3) is 3.22. The van der Waals surface area contributed by atoms with E-state index in [1.165, 1.54) is 0 Å². The number of aryl methyl sites for hydroxylation is 2. The van der Waals surface area contributed by atoms with Gasteiger partial charge in [0.1, 0.15) is 12.2 Å². The van der Waals surface area contributed by atoms with Crippen molar-refractivity contribution in [1.29, 1.82) is 0 Å². The number of hydrogen-bond donors (Lipinski definition) is 1. The van der Waals surface area contributed by atoms with Gasteiger partial charge in [0.05, 0.1) is 0 Å². The van der Waals surface area contributed by atoms with E-state index in [0.29, 0.717) is 0 Å². The predicted molar refractivity (Wildman–Crippen MR) is 77.1 cm³/mol. The molecular formula is C17H20O2. The second-order valence-electron chi connectivity index (χ2n) is 4.93. The van der Waals surface area contributed by atoms with Crippen molar-refractivity contribution in [3.63, 3.8) is 0 Å². The minimum Gasteiger partial charge on any atom is -0.385 e. The molecule has 0 spiro atoms. The zero-order chi connectivity index (χ0) is 13.8.